The zero-order valence-corrected chi connectivity index (χ0v) is 24.6. The summed E-state index contributed by atoms with van der Waals surface area (Å²) < 4.78 is 18.0. The van der Waals surface area contributed by atoms with Crippen LogP contribution in [0.3, 0.4) is 0 Å². The number of methoxy groups -OCH3 is 1. The minimum atomic E-state index is -0.678. The molecule has 1 aromatic heterocycles. The minimum Gasteiger partial charge on any atom is -0.465 e. The highest BCUT2D eigenvalue weighted by Crippen LogP contribution is 2.40. The number of carbonyl (C=O) groups excluding carboxylic acids is 2. The number of thiazole rings is 1. The summed E-state index contributed by atoms with van der Waals surface area (Å²) in [7, 11) is 1.34. The number of anilines is 1. The van der Waals surface area contributed by atoms with Gasteiger partial charge in [0.2, 0.25) is 6.29 Å². The van der Waals surface area contributed by atoms with E-state index < -0.39 is 12.3 Å². The van der Waals surface area contributed by atoms with Crippen molar-refractivity contribution in [3.63, 3.8) is 0 Å². The zero-order chi connectivity index (χ0) is 29.6. The molecule has 0 aliphatic carbocycles. The molecule has 0 spiro atoms. The van der Waals surface area contributed by atoms with Gasteiger partial charge in [0.15, 0.2) is 5.76 Å². The third-order valence-electron chi connectivity index (χ3n) is 7.29. The number of nitrogens with zero attached hydrogens (tertiary/aromatic N) is 1. The summed E-state index contributed by atoms with van der Waals surface area (Å²) in [5, 5.41) is 13.4. The van der Waals surface area contributed by atoms with Gasteiger partial charge in [-0.1, -0.05) is 18.2 Å². The number of ether oxygens (including phenoxy) is 3. The fourth-order valence-electron chi connectivity index (χ4n) is 5.15. The van der Waals surface area contributed by atoms with E-state index in [1.807, 2.05) is 49.4 Å². The standard InChI is InChI=1S/C33H34N2O6S/c1-4-40-33-25(6-5-17-36)26(21-8-10-23(11-9-21)32(38)39-3)19-28(41-33)30(37)34-24-14-12-22(13-15-24)31-35-27-16-7-20(2)18-29(27)42-31/h7-16,18-19,25-26,33,36H,4-6,17H2,1-3H3,(H,34,37)/t25-,26+,33+/m1/s1. The Kier molecular flexibility index (Phi) is 9.31. The molecule has 0 bridgehead atoms. The molecule has 5 rings (SSSR count). The molecule has 0 fully saturated rings. The molecule has 218 valence electrons. The number of amides is 1. The van der Waals surface area contributed by atoms with Crippen LogP contribution in [-0.2, 0) is 19.0 Å². The monoisotopic (exact) mass is 586 g/mol. The van der Waals surface area contributed by atoms with E-state index in [1.165, 1.54) is 12.7 Å². The Morgan fingerprint density at radius 3 is 2.52 bits per heavy atom. The van der Waals surface area contributed by atoms with Gasteiger partial charge in [-0.3, -0.25) is 4.79 Å². The quantitative estimate of drug-likeness (QED) is 0.206. The Bertz CT molecular complexity index is 1580. The molecule has 0 unspecified atom stereocenters. The number of hydrogen-bond acceptors (Lipinski definition) is 8. The number of fused-ring (bicyclic) bond motifs is 1. The van der Waals surface area contributed by atoms with Crippen LogP contribution in [-0.4, -0.2) is 48.6 Å². The number of benzene rings is 3. The van der Waals surface area contributed by atoms with E-state index in [2.05, 4.69) is 24.4 Å². The number of esters is 1. The van der Waals surface area contributed by atoms with Gasteiger partial charge in [0.05, 0.1) is 22.9 Å². The summed E-state index contributed by atoms with van der Waals surface area (Å²) in [5.74, 6) is -1.03. The molecule has 3 atom stereocenters. The minimum absolute atomic E-state index is 0.0348. The van der Waals surface area contributed by atoms with Crippen molar-refractivity contribution < 1.29 is 28.9 Å². The number of aryl methyl sites for hydroxylation is 1. The molecule has 2 N–H and O–H groups in total. The predicted molar refractivity (Wildman–Crippen MR) is 163 cm³/mol. The van der Waals surface area contributed by atoms with E-state index in [-0.39, 0.29) is 30.1 Å². The van der Waals surface area contributed by atoms with E-state index in [1.54, 1.807) is 29.5 Å². The number of rotatable bonds is 10. The van der Waals surface area contributed by atoms with Crippen LogP contribution in [0.4, 0.5) is 5.69 Å². The molecule has 4 aromatic rings. The van der Waals surface area contributed by atoms with Gasteiger partial charge in [-0.15, -0.1) is 11.3 Å². The first-order chi connectivity index (χ1) is 20.4. The molecular formula is C33H34N2O6S. The summed E-state index contributed by atoms with van der Waals surface area (Å²) in [4.78, 5) is 30.1. The van der Waals surface area contributed by atoms with Crippen molar-refractivity contribution >= 4 is 39.1 Å². The average Bonchev–Trinajstić information content (AvgIpc) is 3.43. The number of aliphatic hydroxyl groups is 1. The number of hydrogen-bond donors (Lipinski definition) is 2. The van der Waals surface area contributed by atoms with Crippen molar-refractivity contribution in [2.75, 3.05) is 25.6 Å². The molecule has 0 radical (unpaired) electrons. The fraction of sp³-hybridized carbons (Fsp3) is 0.303. The Labute approximate surface area is 249 Å². The van der Waals surface area contributed by atoms with Crippen molar-refractivity contribution in [2.45, 2.75) is 38.9 Å². The van der Waals surface area contributed by atoms with E-state index in [9.17, 15) is 14.7 Å². The molecule has 1 amide bonds. The molecule has 1 aliphatic heterocycles. The van der Waals surface area contributed by atoms with Crippen LogP contribution in [0.5, 0.6) is 0 Å². The highest BCUT2D eigenvalue weighted by Gasteiger charge is 2.38. The van der Waals surface area contributed by atoms with Gasteiger partial charge in [-0.05, 0) is 92.4 Å². The van der Waals surface area contributed by atoms with Crippen LogP contribution in [0.2, 0.25) is 0 Å². The lowest BCUT2D eigenvalue weighted by Gasteiger charge is -2.37. The number of aliphatic hydroxyl groups excluding tert-OH is 1. The zero-order valence-electron chi connectivity index (χ0n) is 23.8. The Morgan fingerprint density at radius 2 is 1.83 bits per heavy atom. The first-order valence-corrected chi connectivity index (χ1v) is 14.8. The van der Waals surface area contributed by atoms with Crippen LogP contribution in [0, 0.1) is 12.8 Å². The first kappa shape index (κ1) is 29.4. The van der Waals surface area contributed by atoms with Gasteiger partial charge >= 0.3 is 5.97 Å². The summed E-state index contributed by atoms with van der Waals surface area (Å²) >= 11 is 1.64. The lowest BCUT2D eigenvalue weighted by molar-refractivity contribution is -0.165. The third-order valence-corrected chi connectivity index (χ3v) is 8.35. The van der Waals surface area contributed by atoms with Crippen molar-refractivity contribution in [3.8, 4) is 10.6 Å². The summed E-state index contributed by atoms with van der Waals surface area (Å²) in [6.07, 6.45) is 2.31. The average molecular weight is 587 g/mol. The molecule has 0 saturated carbocycles. The number of nitrogens with one attached hydrogen (secondary N) is 1. The van der Waals surface area contributed by atoms with Crippen molar-refractivity contribution in [2.24, 2.45) is 5.92 Å². The second-order valence-electron chi connectivity index (χ2n) is 10.2. The second-order valence-corrected chi connectivity index (χ2v) is 11.2. The molecule has 2 heterocycles. The molecule has 1 aliphatic rings. The molecular weight excluding hydrogens is 552 g/mol. The SMILES string of the molecule is CCO[C@H]1OC(C(=O)Nc2ccc(-c3nc4ccc(C)cc4s3)cc2)=C[C@@H](c2ccc(C(=O)OC)cc2)[C@H]1CCCO. The van der Waals surface area contributed by atoms with Crippen molar-refractivity contribution in [3.05, 3.63) is 95.3 Å². The predicted octanol–water partition coefficient (Wildman–Crippen LogP) is 6.45. The van der Waals surface area contributed by atoms with Gasteiger partial charge in [0.1, 0.15) is 5.01 Å². The fourth-order valence-corrected chi connectivity index (χ4v) is 6.22. The maximum atomic E-state index is 13.4. The summed E-state index contributed by atoms with van der Waals surface area (Å²) in [6.45, 7) is 4.37. The van der Waals surface area contributed by atoms with Crippen LogP contribution in [0.25, 0.3) is 20.8 Å². The number of allylic oxidation sites excluding steroid dienone is 1. The van der Waals surface area contributed by atoms with Crippen LogP contribution >= 0.6 is 11.3 Å². The van der Waals surface area contributed by atoms with Gasteiger partial charge in [0, 0.05) is 36.3 Å². The molecule has 3 aromatic carbocycles. The molecule has 9 heteroatoms. The summed E-state index contributed by atoms with van der Waals surface area (Å²) in [6, 6.07) is 20.9. The smallest absolute Gasteiger partial charge is 0.337 e. The van der Waals surface area contributed by atoms with Crippen LogP contribution in [0.1, 0.15) is 47.2 Å². The van der Waals surface area contributed by atoms with Crippen LogP contribution in [0.15, 0.2) is 78.6 Å². The van der Waals surface area contributed by atoms with E-state index in [4.69, 9.17) is 19.2 Å². The first-order valence-electron chi connectivity index (χ1n) is 14.0. The Balaban J connectivity index is 1.38. The van der Waals surface area contributed by atoms with Gasteiger partial charge < -0.3 is 24.6 Å². The molecule has 42 heavy (non-hydrogen) atoms. The third kappa shape index (κ3) is 6.54. The topological polar surface area (TPSA) is 107 Å². The Hall–Kier alpha value is -4.05. The maximum absolute atomic E-state index is 13.4. The van der Waals surface area contributed by atoms with Crippen molar-refractivity contribution in [1.82, 2.24) is 4.98 Å². The van der Waals surface area contributed by atoms with E-state index in [0.29, 0.717) is 30.7 Å². The Morgan fingerprint density at radius 1 is 1.07 bits per heavy atom. The second kappa shape index (κ2) is 13.3. The number of carbonyl (C=O) groups is 2. The lowest BCUT2D eigenvalue weighted by Crippen LogP contribution is -2.37. The highest BCUT2D eigenvalue weighted by atomic mass is 32.1. The molecule has 0 saturated heterocycles. The van der Waals surface area contributed by atoms with Gasteiger partial charge in [0.25, 0.3) is 5.91 Å². The number of aromatic nitrogens is 1. The maximum Gasteiger partial charge on any atom is 0.337 e. The van der Waals surface area contributed by atoms with Crippen molar-refractivity contribution in [1.29, 1.82) is 0 Å². The van der Waals surface area contributed by atoms with E-state index in [0.717, 1.165) is 26.4 Å². The largest absolute Gasteiger partial charge is 0.465 e. The lowest BCUT2D eigenvalue weighted by atomic mass is 9.80. The highest BCUT2D eigenvalue weighted by molar-refractivity contribution is 7.21. The van der Waals surface area contributed by atoms with E-state index >= 15 is 0 Å². The summed E-state index contributed by atoms with van der Waals surface area (Å²) in [5.41, 5.74) is 5.10. The van der Waals surface area contributed by atoms with Gasteiger partial charge in [-0.25, -0.2) is 9.78 Å². The normalized spacial score (nSPS) is 18.3. The van der Waals surface area contributed by atoms with Crippen LogP contribution < -0.4 is 5.32 Å². The molecule has 8 nitrogen and oxygen atoms in total. The van der Waals surface area contributed by atoms with Gasteiger partial charge in [-0.2, -0.15) is 0 Å².